The molecule has 6 nitrogen and oxygen atoms in total. The Morgan fingerprint density at radius 2 is 2.13 bits per heavy atom. The first-order valence-electron chi connectivity index (χ1n) is 7.74. The number of rotatable bonds is 3. The average Bonchev–Trinajstić information content (AvgIpc) is 2.56. The summed E-state index contributed by atoms with van der Waals surface area (Å²) in [6.07, 6.45) is -0.712. The number of ether oxygens (including phenoxy) is 2. The van der Waals surface area contributed by atoms with E-state index in [0.29, 0.717) is 13.2 Å². The lowest BCUT2D eigenvalue weighted by molar-refractivity contribution is -0.158. The van der Waals surface area contributed by atoms with Gasteiger partial charge in [0.1, 0.15) is 0 Å². The molecule has 1 N–H and O–H groups in total. The molecule has 1 saturated heterocycles. The van der Waals surface area contributed by atoms with Crippen LogP contribution in [0.1, 0.15) is 29.7 Å². The number of carbonyl (C=O) groups excluding carboxylic acids is 2. The third-order valence-corrected chi connectivity index (χ3v) is 4.06. The smallest absolute Gasteiger partial charge is 0.336 e. The largest absolute Gasteiger partial charge is 0.467 e. The van der Waals surface area contributed by atoms with Crippen molar-refractivity contribution in [2.75, 3.05) is 26.8 Å². The molecule has 23 heavy (non-hydrogen) atoms. The first-order chi connectivity index (χ1) is 10.9. The minimum Gasteiger partial charge on any atom is -0.467 e. The van der Waals surface area contributed by atoms with Gasteiger partial charge in [0.15, 0.2) is 6.10 Å². The number of methoxy groups -OCH3 is 1. The van der Waals surface area contributed by atoms with Gasteiger partial charge in [-0.1, -0.05) is 23.8 Å². The van der Waals surface area contributed by atoms with Crippen molar-refractivity contribution in [1.29, 1.82) is 0 Å². The number of urea groups is 1. The van der Waals surface area contributed by atoms with Crippen LogP contribution in [0, 0.1) is 13.8 Å². The van der Waals surface area contributed by atoms with E-state index < -0.39 is 12.1 Å². The fraction of sp³-hybridized carbons (Fsp3) is 0.529. The Kier molecular flexibility index (Phi) is 5.60. The van der Waals surface area contributed by atoms with E-state index in [0.717, 1.165) is 16.7 Å². The first-order valence-corrected chi connectivity index (χ1v) is 7.74. The standard InChI is InChI=1S/C17H24N2O4/c1-11-5-6-12(2)14(9-11)13(3)18-17(21)19-7-8-23-15(10-19)16(20)22-4/h5-6,9,13,15H,7-8,10H2,1-4H3,(H,18,21)/t13-,15+/m1/s1. The molecular weight excluding hydrogens is 296 g/mol. The molecule has 0 spiro atoms. The van der Waals surface area contributed by atoms with Crippen molar-refractivity contribution >= 4 is 12.0 Å². The van der Waals surface area contributed by atoms with Crippen LogP contribution in [0.4, 0.5) is 4.79 Å². The molecule has 1 aliphatic rings. The molecule has 1 aromatic rings. The normalized spacial score (nSPS) is 19.1. The monoisotopic (exact) mass is 320 g/mol. The summed E-state index contributed by atoms with van der Waals surface area (Å²) in [6, 6.07) is 5.88. The van der Waals surface area contributed by atoms with Crippen LogP contribution in [-0.2, 0) is 14.3 Å². The van der Waals surface area contributed by atoms with E-state index in [1.165, 1.54) is 7.11 Å². The third-order valence-electron chi connectivity index (χ3n) is 4.06. The van der Waals surface area contributed by atoms with E-state index in [9.17, 15) is 9.59 Å². The van der Waals surface area contributed by atoms with Gasteiger partial charge in [-0.2, -0.15) is 0 Å². The molecule has 0 aromatic heterocycles. The fourth-order valence-electron chi connectivity index (χ4n) is 2.69. The molecule has 0 unspecified atom stereocenters. The van der Waals surface area contributed by atoms with Crippen LogP contribution >= 0.6 is 0 Å². The van der Waals surface area contributed by atoms with Crippen LogP contribution in [0.5, 0.6) is 0 Å². The molecule has 1 heterocycles. The number of amides is 2. The highest BCUT2D eigenvalue weighted by molar-refractivity contribution is 5.78. The molecule has 0 saturated carbocycles. The third kappa shape index (κ3) is 4.22. The van der Waals surface area contributed by atoms with Crippen LogP contribution < -0.4 is 5.32 Å². The molecule has 0 bridgehead atoms. The number of aryl methyl sites for hydroxylation is 2. The second kappa shape index (κ2) is 7.46. The molecule has 0 aliphatic carbocycles. The van der Waals surface area contributed by atoms with Crippen LogP contribution in [0.3, 0.4) is 0 Å². The van der Waals surface area contributed by atoms with Crippen molar-refractivity contribution in [1.82, 2.24) is 10.2 Å². The van der Waals surface area contributed by atoms with Crippen LogP contribution in [-0.4, -0.2) is 49.8 Å². The zero-order valence-corrected chi connectivity index (χ0v) is 14.1. The van der Waals surface area contributed by atoms with E-state index >= 15 is 0 Å². The van der Waals surface area contributed by atoms with Gasteiger partial charge in [0, 0.05) is 6.54 Å². The molecule has 2 rings (SSSR count). The Morgan fingerprint density at radius 3 is 2.83 bits per heavy atom. The maximum atomic E-state index is 12.4. The van der Waals surface area contributed by atoms with E-state index in [-0.39, 0.29) is 18.6 Å². The lowest BCUT2D eigenvalue weighted by Gasteiger charge is -2.32. The second-order valence-corrected chi connectivity index (χ2v) is 5.86. The zero-order chi connectivity index (χ0) is 17.0. The highest BCUT2D eigenvalue weighted by Gasteiger charge is 2.30. The Balaban J connectivity index is 2.00. The van der Waals surface area contributed by atoms with E-state index in [1.807, 2.05) is 20.8 Å². The summed E-state index contributed by atoms with van der Waals surface area (Å²) in [6.45, 7) is 7.00. The number of esters is 1. The Bertz CT molecular complexity index is 588. The van der Waals surface area contributed by atoms with E-state index in [2.05, 4.69) is 28.3 Å². The van der Waals surface area contributed by atoms with Gasteiger partial charge >= 0.3 is 12.0 Å². The maximum absolute atomic E-state index is 12.4. The number of morpholine rings is 1. The molecule has 6 heteroatoms. The van der Waals surface area contributed by atoms with E-state index in [4.69, 9.17) is 4.74 Å². The number of benzene rings is 1. The second-order valence-electron chi connectivity index (χ2n) is 5.86. The SMILES string of the molecule is COC(=O)[C@@H]1CN(C(=O)N[C@H](C)c2cc(C)ccc2C)CCO1. The summed E-state index contributed by atoms with van der Waals surface area (Å²) in [5, 5.41) is 2.99. The molecule has 1 fully saturated rings. The molecule has 126 valence electrons. The van der Waals surface area contributed by atoms with Crippen LogP contribution in [0.25, 0.3) is 0 Å². The van der Waals surface area contributed by atoms with Crippen molar-refractivity contribution in [3.63, 3.8) is 0 Å². The van der Waals surface area contributed by atoms with Crippen molar-refractivity contribution in [3.05, 3.63) is 34.9 Å². The Labute approximate surface area is 136 Å². The van der Waals surface area contributed by atoms with Crippen molar-refractivity contribution in [2.24, 2.45) is 0 Å². The number of hydrogen-bond acceptors (Lipinski definition) is 4. The van der Waals surface area contributed by atoms with Gasteiger partial charge in [-0.25, -0.2) is 9.59 Å². The highest BCUT2D eigenvalue weighted by atomic mass is 16.6. The summed E-state index contributed by atoms with van der Waals surface area (Å²) in [7, 11) is 1.31. The molecule has 0 radical (unpaired) electrons. The number of carbonyl (C=O) groups is 2. The Hall–Kier alpha value is -2.08. The fourth-order valence-corrected chi connectivity index (χ4v) is 2.69. The van der Waals surface area contributed by atoms with Crippen LogP contribution in [0.2, 0.25) is 0 Å². The quantitative estimate of drug-likeness (QED) is 0.864. The molecule has 1 aromatic carbocycles. The van der Waals surface area contributed by atoms with Crippen molar-refractivity contribution < 1.29 is 19.1 Å². The zero-order valence-electron chi connectivity index (χ0n) is 14.1. The van der Waals surface area contributed by atoms with Gasteiger partial charge in [-0.3, -0.25) is 0 Å². The van der Waals surface area contributed by atoms with Crippen LogP contribution in [0.15, 0.2) is 18.2 Å². The molecule has 2 atom stereocenters. The number of nitrogens with one attached hydrogen (secondary N) is 1. The lowest BCUT2D eigenvalue weighted by atomic mass is 10.00. The Morgan fingerprint density at radius 1 is 1.39 bits per heavy atom. The van der Waals surface area contributed by atoms with Gasteiger partial charge in [-0.05, 0) is 31.9 Å². The van der Waals surface area contributed by atoms with Crippen molar-refractivity contribution in [3.8, 4) is 0 Å². The summed E-state index contributed by atoms with van der Waals surface area (Å²) in [5.41, 5.74) is 3.39. The predicted molar refractivity (Wildman–Crippen MR) is 86.2 cm³/mol. The number of hydrogen-bond donors (Lipinski definition) is 1. The predicted octanol–water partition coefficient (Wildman–Crippen LogP) is 1.95. The lowest BCUT2D eigenvalue weighted by Crippen LogP contribution is -2.52. The summed E-state index contributed by atoms with van der Waals surface area (Å²) < 4.78 is 10.0. The molecule has 2 amide bonds. The van der Waals surface area contributed by atoms with Gasteiger partial charge in [0.05, 0.1) is 26.3 Å². The maximum Gasteiger partial charge on any atom is 0.336 e. The number of nitrogens with zero attached hydrogens (tertiary/aromatic N) is 1. The molecule has 1 aliphatic heterocycles. The summed E-state index contributed by atoms with van der Waals surface area (Å²) >= 11 is 0. The molecular formula is C17H24N2O4. The summed E-state index contributed by atoms with van der Waals surface area (Å²) in [5.74, 6) is -0.454. The van der Waals surface area contributed by atoms with Crippen molar-refractivity contribution in [2.45, 2.75) is 32.9 Å². The highest BCUT2D eigenvalue weighted by Crippen LogP contribution is 2.19. The van der Waals surface area contributed by atoms with Gasteiger partial charge in [0.2, 0.25) is 0 Å². The first kappa shape index (κ1) is 17.3. The minimum absolute atomic E-state index is 0.109. The summed E-state index contributed by atoms with van der Waals surface area (Å²) in [4.78, 5) is 25.6. The minimum atomic E-state index is -0.712. The van der Waals surface area contributed by atoms with E-state index in [1.54, 1.807) is 4.90 Å². The van der Waals surface area contributed by atoms with Gasteiger partial charge in [-0.15, -0.1) is 0 Å². The average molecular weight is 320 g/mol. The van der Waals surface area contributed by atoms with Gasteiger partial charge in [0.25, 0.3) is 0 Å². The van der Waals surface area contributed by atoms with Gasteiger partial charge < -0.3 is 19.7 Å². The topological polar surface area (TPSA) is 67.9 Å².